The third-order valence-corrected chi connectivity index (χ3v) is 4.41. The molecule has 5 heteroatoms. The molecule has 0 aliphatic carbocycles. The molecule has 116 valence electrons. The maximum absolute atomic E-state index is 12.7. The fourth-order valence-electron chi connectivity index (χ4n) is 2.46. The van der Waals surface area contributed by atoms with E-state index in [9.17, 15) is 4.79 Å². The van der Waals surface area contributed by atoms with Crippen LogP contribution in [0.4, 0.5) is 5.69 Å². The number of rotatable bonds is 2. The topological polar surface area (TPSA) is 32.3 Å². The van der Waals surface area contributed by atoms with Gasteiger partial charge in [0.2, 0.25) is 0 Å². The Labute approximate surface area is 145 Å². The fraction of sp³-hybridized carbons (Fsp3) is 0.111. The van der Waals surface area contributed by atoms with Crippen molar-refractivity contribution in [3.63, 3.8) is 0 Å². The van der Waals surface area contributed by atoms with E-state index in [0.29, 0.717) is 15.8 Å². The van der Waals surface area contributed by atoms with E-state index in [1.54, 1.807) is 23.1 Å². The zero-order valence-electron chi connectivity index (χ0n) is 12.8. The summed E-state index contributed by atoms with van der Waals surface area (Å²) in [6.45, 7) is 4.00. The highest BCUT2D eigenvalue weighted by Crippen LogP contribution is 2.27. The number of benzene rings is 2. The number of aryl methyl sites for hydroxylation is 1. The van der Waals surface area contributed by atoms with Crippen LogP contribution in [-0.4, -0.2) is 11.0 Å². The molecule has 0 bridgehead atoms. The predicted molar refractivity (Wildman–Crippen MR) is 98.6 cm³/mol. The van der Waals surface area contributed by atoms with Crippen LogP contribution in [0.1, 0.15) is 16.7 Å². The minimum Gasteiger partial charge on any atom is -0.327 e. The van der Waals surface area contributed by atoms with Crippen molar-refractivity contribution in [3.05, 3.63) is 69.9 Å². The molecule has 1 heterocycles. The van der Waals surface area contributed by atoms with Gasteiger partial charge in [0.25, 0.3) is 5.91 Å². The standard InChI is InChI=1S/C18H15ClN2OS/c1-11-4-3-5-16(12(11)2)21-17(22)15(20-18(21)23)10-13-6-8-14(19)9-7-13/h3-10H,1-2H3,(H,20,23)/b15-10+. The minimum atomic E-state index is -0.154. The van der Waals surface area contributed by atoms with Gasteiger partial charge >= 0.3 is 0 Å². The Kier molecular flexibility index (Phi) is 4.20. The van der Waals surface area contributed by atoms with Crippen LogP contribution in [0.25, 0.3) is 6.08 Å². The van der Waals surface area contributed by atoms with Crippen molar-refractivity contribution >= 4 is 46.6 Å². The van der Waals surface area contributed by atoms with E-state index in [0.717, 1.165) is 22.4 Å². The van der Waals surface area contributed by atoms with Gasteiger partial charge in [-0.05, 0) is 67.0 Å². The first-order chi connectivity index (χ1) is 11.0. The van der Waals surface area contributed by atoms with Crippen LogP contribution in [0.5, 0.6) is 0 Å². The van der Waals surface area contributed by atoms with Crippen molar-refractivity contribution in [2.45, 2.75) is 13.8 Å². The van der Waals surface area contributed by atoms with Gasteiger partial charge in [0.1, 0.15) is 5.70 Å². The zero-order chi connectivity index (χ0) is 16.6. The van der Waals surface area contributed by atoms with Crippen LogP contribution in [0.2, 0.25) is 5.02 Å². The van der Waals surface area contributed by atoms with Crippen LogP contribution < -0.4 is 10.2 Å². The molecule has 0 aromatic heterocycles. The third-order valence-electron chi connectivity index (χ3n) is 3.88. The summed E-state index contributed by atoms with van der Waals surface area (Å²) in [5.74, 6) is -0.154. The summed E-state index contributed by atoms with van der Waals surface area (Å²) in [6, 6.07) is 13.1. The Balaban J connectivity index is 1.97. The van der Waals surface area contributed by atoms with Gasteiger partial charge in [0, 0.05) is 5.02 Å². The highest BCUT2D eigenvalue weighted by Gasteiger charge is 2.32. The van der Waals surface area contributed by atoms with Crippen molar-refractivity contribution in [2.24, 2.45) is 0 Å². The van der Waals surface area contributed by atoms with Crippen molar-refractivity contribution in [1.82, 2.24) is 5.32 Å². The van der Waals surface area contributed by atoms with Crippen molar-refractivity contribution in [1.29, 1.82) is 0 Å². The summed E-state index contributed by atoms with van der Waals surface area (Å²) in [7, 11) is 0. The number of anilines is 1. The maximum atomic E-state index is 12.7. The molecule has 0 spiro atoms. The Hall–Kier alpha value is -2.17. The highest BCUT2D eigenvalue weighted by atomic mass is 35.5. The number of nitrogens with zero attached hydrogens (tertiary/aromatic N) is 1. The molecule has 0 unspecified atom stereocenters. The number of hydrogen-bond acceptors (Lipinski definition) is 2. The lowest BCUT2D eigenvalue weighted by Gasteiger charge is -2.17. The highest BCUT2D eigenvalue weighted by molar-refractivity contribution is 7.80. The summed E-state index contributed by atoms with van der Waals surface area (Å²) < 4.78 is 0. The Morgan fingerprint density at radius 2 is 1.83 bits per heavy atom. The zero-order valence-corrected chi connectivity index (χ0v) is 14.3. The first-order valence-electron chi connectivity index (χ1n) is 7.16. The molecule has 1 N–H and O–H groups in total. The van der Waals surface area contributed by atoms with Gasteiger partial charge in [0.15, 0.2) is 5.11 Å². The van der Waals surface area contributed by atoms with E-state index in [4.69, 9.17) is 23.8 Å². The van der Waals surface area contributed by atoms with Crippen molar-refractivity contribution in [3.8, 4) is 0 Å². The first kappa shape index (κ1) is 15.7. The van der Waals surface area contributed by atoms with Crippen LogP contribution in [0.15, 0.2) is 48.2 Å². The molecule has 23 heavy (non-hydrogen) atoms. The van der Waals surface area contributed by atoms with E-state index in [2.05, 4.69) is 5.32 Å². The molecular weight excluding hydrogens is 328 g/mol. The third kappa shape index (κ3) is 3.00. The van der Waals surface area contributed by atoms with Gasteiger partial charge in [-0.3, -0.25) is 9.69 Å². The van der Waals surface area contributed by atoms with Gasteiger partial charge in [-0.1, -0.05) is 35.9 Å². The molecule has 1 amide bonds. The second kappa shape index (κ2) is 6.14. The number of hydrogen-bond donors (Lipinski definition) is 1. The lowest BCUT2D eigenvalue weighted by Crippen LogP contribution is -2.31. The van der Waals surface area contributed by atoms with E-state index in [-0.39, 0.29) is 5.91 Å². The van der Waals surface area contributed by atoms with Crippen LogP contribution in [-0.2, 0) is 4.79 Å². The van der Waals surface area contributed by atoms with Gasteiger partial charge in [0.05, 0.1) is 5.69 Å². The first-order valence-corrected chi connectivity index (χ1v) is 7.95. The van der Waals surface area contributed by atoms with Crippen LogP contribution in [0.3, 0.4) is 0 Å². The van der Waals surface area contributed by atoms with Crippen LogP contribution >= 0.6 is 23.8 Å². The largest absolute Gasteiger partial charge is 0.327 e. The molecule has 0 atom stereocenters. The second-order valence-corrected chi connectivity index (χ2v) is 6.22. The molecule has 3 nitrogen and oxygen atoms in total. The summed E-state index contributed by atoms with van der Waals surface area (Å²) in [6.07, 6.45) is 1.77. The second-order valence-electron chi connectivity index (χ2n) is 5.40. The fourth-order valence-corrected chi connectivity index (χ4v) is 2.87. The van der Waals surface area contributed by atoms with E-state index < -0.39 is 0 Å². The summed E-state index contributed by atoms with van der Waals surface area (Å²) in [5.41, 5.74) is 4.31. The number of nitrogens with one attached hydrogen (secondary N) is 1. The molecular formula is C18H15ClN2OS. The summed E-state index contributed by atoms with van der Waals surface area (Å²) in [4.78, 5) is 14.3. The number of thiocarbonyl (C=S) groups is 1. The summed E-state index contributed by atoms with van der Waals surface area (Å²) >= 11 is 11.2. The Morgan fingerprint density at radius 3 is 2.52 bits per heavy atom. The quantitative estimate of drug-likeness (QED) is 0.655. The molecule has 1 fully saturated rings. The molecule has 1 aliphatic heterocycles. The molecule has 1 aliphatic rings. The molecule has 1 saturated heterocycles. The number of carbonyl (C=O) groups is 1. The van der Waals surface area contributed by atoms with Crippen molar-refractivity contribution < 1.29 is 4.79 Å². The van der Waals surface area contributed by atoms with E-state index in [1.807, 2.05) is 44.2 Å². The smallest absolute Gasteiger partial charge is 0.281 e. The molecule has 0 saturated carbocycles. The maximum Gasteiger partial charge on any atom is 0.281 e. The Morgan fingerprint density at radius 1 is 1.13 bits per heavy atom. The molecule has 2 aromatic rings. The van der Waals surface area contributed by atoms with Gasteiger partial charge in [-0.25, -0.2) is 0 Å². The monoisotopic (exact) mass is 342 g/mol. The lowest BCUT2D eigenvalue weighted by atomic mass is 10.1. The van der Waals surface area contributed by atoms with Crippen molar-refractivity contribution in [2.75, 3.05) is 4.90 Å². The molecule has 3 rings (SSSR count). The van der Waals surface area contributed by atoms with Gasteiger partial charge in [-0.2, -0.15) is 0 Å². The SMILES string of the molecule is Cc1cccc(N2C(=O)/C(=C\c3ccc(Cl)cc3)NC2=S)c1C. The van der Waals surface area contributed by atoms with E-state index in [1.165, 1.54) is 0 Å². The number of carbonyl (C=O) groups excluding carboxylic acids is 1. The molecule has 0 radical (unpaired) electrons. The molecule has 2 aromatic carbocycles. The normalized spacial score (nSPS) is 16.1. The average molecular weight is 343 g/mol. The van der Waals surface area contributed by atoms with E-state index >= 15 is 0 Å². The van der Waals surface area contributed by atoms with Gasteiger partial charge < -0.3 is 5.32 Å². The lowest BCUT2D eigenvalue weighted by molar-refractivity contribution is -0.113. The average Bonchev–Trinajstić information content (AvgIpc) is 2.79. The number of amides is 1. The number of halogens is 1. The van der Waals surface area contributed by atoms with Crippen LogP contribution in [0, 0.1) is 13.8 Å². The minimum absolute atomic E-state index is 0.154. The van der Waals surface area contributed by atoms with Gasteiger partial charge in [-0.15, -0.1) is 0 Å². The predicted octanol–water partition coefficient (Wildman–Crippen LogP) is 4.22. The Bertz CT molecular complexity index is 827. The summed E-state index contributed by atoms with van der Waals surface area (Å²) in [5, 5.41) is 4.05.